The normalized spacial score (nSPS) is 9.14. The average Bonchev–Trinajstić information content (AvgIpc) is 2.52. The zero-order valence-electron chi connectivity index (χ0n) is 7.11. The standard InChI is InChI=1S/C5H4N4O.CH5N3/c10-5-3-4(7-1-6-3)8-2-9-5;2-1(3)4/h1-2H,(H2,6,7,8,9,10);(H5,2,3,4). The SMILES string of the molecule is N=C(N)N.O=c1[nH]cnc2nc[nH]c12. The summed E-state index contributed by atoms with van der Waals surface area (Å²) in [6.07, 6.45) is 2.76. The maximum Gasteiger partial charge on any atom is 0.276 e. The highest BCUT2D eigenvalue weighted by atomic mass is 16.1. The van der Waals surface area contributed by atoms with Gasteiger partial charge in [-0.1, -0.05) is 0 Å². The fourth-order valence-corrected chi connectivity index (χ4v) is 0.776. The predicted octanol–water partition coefficient (Wildman–Crippen LogP) is -1.52. The Morgan fingerprint density at radius 2 is 1.79 bits per heavy atom. The minimum Gasteiger partial charge on any atom is -0.370 e. The number of hydrogen-bond acceptors (Lipinski definition) is 4. The quantitative estimate of drug-likeness (QED) is 0.255. The molecule has 0 saturated carbocycles. The first kappa shape index (κ1) is 9.71. The molecule has 0 saturated heterocycles. The van der Waals surface area contributed by atoms with Gasteiger partial charge in [-0.3, -0.25) is 10.2 Å². The number of imidazole rings is 1. The number of hydrogen-bond donors (Lipinski definition) is 5. The van der Waals surface area contributed by atoms with Crippen LogP contribution in [0.15, 0.2) is 17.4 Å². The van der Waals surface area contributed by atoms with Gasteiger partial charge in [-0.2, -0.15) is 0 Å². The molecule has 14 heavy (non-hydrogen) atoms. The Labute approximate surface area is 77.9 Å². The molecule has 0 radical (unpaired) electrons. The Kier molecular flexibility index (Phi) is 2.79. The van der Waals surface area contributed by atoms with E-state index >= 15 is 0 Å². The number of nitrogens with one attached hydrogen (secondary N) is 3. The van der Waals surface area contributed by atoms with Crippen molar-refractivity contribution in [3.8, 4) is 0 Å². The van der Waals surface area contributed by atoms with Crippen LogP contribution in [-0.2, 0) is 0 Å². The molecule has 8 nitrogen and oxygen atoms in total. The lowest BCUT2D eigenvalue weighted by molar-refractivity contribution is 1.15. The van der Waals surface area contributed by atoms with Crippen LogP contribution in [0.5, 0.6) is 0 Å². The summed E-state index contributed by atoms with van der Waals surface area (Å²) in [5.41, 5.74) is 9.62. The van der Waals surface area contributed by atoms with Gasteiger partial charge >= 0.3 is 0 Å². The molecule has 2 aromatic heterocycles. The molecule has 7 N–H and O–H groups in total. The molecule has 8 heteroatoms. The van der Waals surface area contributed by atoms with E-state index in [-0.39, 0.29) is 11.5 Å². The highest BCUT2D eigenvalue weighted by molar-refractivity contribution is 5.71. The van der Waals surface area contributed by atoms with Crippen LogP contribution in [0.1, 0.15) is 0 Å². The molecule has 0 spiro atoms. The van der Waals surface area contributed by atoms with E-state index in [9.17, 15) is 4.79 Å². The maximum atomic E-state index is 10.9. The smallest absolute Gasteiger partial charge is 0.276 e. The summed E-state index contributed by atoms with van der Waals surface area (Å²) >= 11 is 0. The Bertz CT molecular complexity index is 480. The molecule has 2 aromatic rings. The van der Waals surface area contributed by atoms with Crippen LogP contribution < -0.4 is 17.0 Å². The zero-order chi connectivity index (χ0) is 10.6. The predicted molar refractivity (Wildman–Crippen MR) is 50.6 cm³/mol. The number of rotatable bonds is 0. The molecule has 0 bridgehead atoms. The van der Waals surface area contributed by atoms with Gasteiger partial charge in [0, 0.05) is 0 Å². The van der Waals surface area contributed by atoms with Crippen molar-refractivity contribution in [3.63, 3.8) is 0 Å². The van der Waals surface area contributed by atoms with Gasteiger partial charge < -0.3 is 21.4 Å². The van der Waals surface area contributed by atoms with E-state index in [0.29, 0.717) is 11.2 Å². The van der Waals surface area contributed by atoms with Crippen molar-refractivity contribution in [1.82, 2.24) is 19.9 Å². The Hall–Kier alpha value is -2.38. The van der Waals surface area contributed by atoms with E-state index in [1.807, 2.05) is 0 Å². The Balaban J connectivity index is 0.000000213. The van der Waals surface area contributed by atoms with E-state index in [1.54, 1.807) is 0 Å². The summed E-state index contributed by atoms with van der Waals surface area (Å²) < 4.78 is 0. The Morgan fingerprint density at radius 3 is 2.29 bits per heavy atom. The molecule has 0 atom stereocenters. The number of guanidine groups is 1. The second-order valence-corrected chi connectivity index (χ2v) is 2.29. The van der Waals surface area contributed by atoms with Gasteiger partial charge in [0.1, 0.15) is 0 Å². The van der Waals surface area contributed by atoms with E-state index in [0.717, 1.165) is 0 Å². The van der Waals surface area contributed by atoms with Crippen molar-refractivity contribution in [2.24, 2.45) is 11.5 Å². The summed E-state index contributed by atoms with van der Waals surface area (Å²) in [7, 11) is 0. The van der Waals surface area contributed by atoms with Crippen molar-refractivity contribution in [3.05, 3.63) is 23.0 Å². The molecule has 0 aromatic carbocycles. The third-order valence-corrected chi connectivity index (χ3v) is 1.23. The lowest BCUT2D eigenvalue weighted by Crippen LogP contribution is -2.20. The molecular formula is C6H9N7O. The van der Waals surface area contributed by atoms with Crippen LogP contribution in [0.3, 0.4) is 0 Å². The summed E-state index contributed by atoms with van der Waals surface area (Å²) in [6.45, 7) is 0. The van der Waals surface area contributed by atoms with E-state index in [1.165, 1.54) is 12.7 Å². The van der Waals surface area contributed by atoms with Gasteiger partial charge in [0.15, 0.2) is 17.1 Å². The van der Waals surface area contributed by atoms with Gasteiger partial charge in [-0.25, -0.2) is 9.97 Å². The van der Waals surface area contributed by atoms with E-state index in [4.69, 9.17) is 5.41 Å². The lowest BCUT2D eigenvalue weighted by Gasteiger charge is -1.81. The molecular weight excluding hydrogens is 186 g/mol. The minimum absolute atomic E-state index is 0.192. The van der Waals surface area contributed by atoms with Crippen LogP contribution in [0.25, 0.3) is 11.2 Å². The molecule has 74 valence electrons. The second-order valence-electron chi connectivity index (χ2n) is 2.29. The number of aromatic nitrogens is 4. The van der Waals surface area contributed by atoms with Crippen LogP contribution in [-0.4, -0.2) is 25.9 Å². The summed E-state index contributed by atoms with van der Waals surface area (Å²) in [5, 5.41) is 6.06. The van der Waals surface area contributed by atoms with Crippen molar-refractivity contribution >= 4 is 17.1 Å². The monoisotopic (exact) mass is 195 g/mol. The summed E-state index contributed by atoms with van der Waals surface area (Å²) in [5.74, 6) is -0.333. The largest absolute Gasteiger partial charge is 0.370 e. The van der Waals surface area contributed by atoms with Crippen LogP contribution >= 0.6 is 0 Å². The lowest BCUT2D eigenvalue weighted by atomic mass is 10.6. The molecule has 0 aliphatic rings. The molecule has 2 heterocycles. The average molecular weight is 195 g/mol. The van der Waals surface area contributed by atoms with E-state index < -0.39 is 0 Å². The number of H-pyrrole nitrogens is 2. The van der Waals surface area contributed by atoms with E-state index in [2.05, 4.69) is 31.4 Å². The molecule has 0 amide bonds. The number of fused-ring (bicyclic) bond motifs is 1. The fraction of sp³-hybridized carbons (Fsp3) is 0. The zero-order valence-corrected chi connectivity index (χ0v) is 7.11. The number of aromatic amines is 2. The summed E-state index contributed by atoms with van der Waals surface area (Å²) in [4.78, 5) is 23.6. The fourth-order valence-electron chi connectivity index (χ4n) is 0.776. The molecule has 0 aliphatic carbocycles. The minimum atomic E-state index is -0.333. The second kappa shape index (κ2) is 4.03. The van der Waals surface area contributed by atoms with Crippen molar-refractivity contribution in [2.75, 3.05) is 0 Å². The van der Waals surface area contributed by atoms with Gasteiger partial charge in [-0.15, -0.1) is 0 Å². The highest BCUT2D eigenvalue weighted by Gasteiger charge is 1.97. The summed E-state index contributed by atoms with van der Waals surface area (Å²) in [6, 6.07) is 0. The van der Waals surface area contributed by atoms with Gasteiger partial charge in [-0.05, 0) is 0 Å². The first-order valence-corrected chi connectivity index (χ1v) is 3.57. The molecule has 0 aliphatic heterocycles. The van der Waals surface area contributed by atoms with Crippen LogP contribution in [0.2, 0.25) is 0 Å². The van der Waals surface area contributed by atoms with Crippen molar-refractivity contribution in [2.45, 2.75) is 0 Å². The first-order valence-electron chi connectivity index (χ1n) is 3.57. The first-order chi connectivity index (χ1) is 6.61. The van der Waals surface area contributed by atoms with Crippen LogP contribution in [0, 0.1) is 5.41 Å². The van der Waals surface area contributed by atoms with Crippen LogP contribution in [0.4, 0.5) is 0 Å². The topological polar surface area (TPSA) is 150 Å². The third-order valence-electron chi connectivity index (χ3n) is 1.23. The van der Waals surface area contributed by atoms with Crippen molar-refractivity contribution < 1.29 is 0 Å². The highest BCUT2D eigenvalue weighted by Crippen LogP contribution is 1.94. The van der Waals surface area contributed by atoms with Crippen molar-refractivity contribution in [1.29, 1.82) is 5.41 Å². The molecule has 0 unspecified atom stereocenters. The number of nitrogens with two attached hydrogens (primary N) is 2. The molecule has 0 fully saturated rings. The maximum absolute atomic E-state index is 10.9. The van der Waals surface area contributed by atoms with Gasteiger partial charge in [0.2, 0.25) is 0 Å². The van der Waals surface area contributed by atoms with Gasteiger partial charge in [0.25, 0.3) is 5.56 Å². The third kappa shape index (κ3) is 2.30. The molecule has 2 rings (SSSR count). The Morgan fingerprint density at radius 1 is 1.29 bits per heavy atom. The number of nitrogens with zero attached hydrogens (tertiary/aromatic N) is 2. The van der Waals surface area contributed by atoms with Gasteiger partial charge in [0.05, 0.1) is 12.7 Å².